The molecule has 1 atom stereocenters. The number of pyridine rings is 1. The first-order valence-electron chi connectivity index (χ1n) is 12.8. The molecule has 1 N–H and O–H groups in total. The van der Waals surface area contributed by atoms with E-state index in [1.54, 1.807) is 10.6 Å². The third-order valence-electron chi connectivity index (χ3n) is 8.10. The number of carbonyl (C=O) groups is 1. The molecule has 9 heteroatoms. The third-order valence-corrected chi connectivity index (χ3v) is 12.9. The van der Waals surface area contributed by atoms with Gasteiger partial charge in [-0.25, -0.2) is 13.6 Å². The van der Waals surface area contributed by atoms with E-state index in [1.807, 2.05) is 13.8 Å². The smallest absolute Gasteiger partial charge is 0.341 e. The summed E-state index contributed by atoms with van der Waals surface area (Å²) < 4.78 is 38.2. The zero-order valence-corrected chi connectivity index (χ0v) is 24.7. The van der Waals surface area contributed by atoms with Crippen LogP contribution in [0.15, 0.2) is 41.3 Å². The van der Waals surface area contributed by atoms with Crippen LogP contribution in [0.1, 0.15) is 68.6 Å². The minimum Gasteiger partial charge on any atom is -0.477 e. The molecule has 0 bridgehead atoms. The number of benzene rings is 2. The van der Waals surface area contributed by atoms with Crippen LogP contribution in [0, 0.1) is 17.6 Å². The second-order valence-corrected chi connectivity index (χ2v) is 16.4. The van der Waals surface area contributed by atoms with Gasteiger partial charge < -0.3 is 14.1 Å². The number of rotatable bonds is 10. The molecule has 5 nitrogen and oxygen atoms in total. The molecule has 0 amide bonds. The van der Waals surface area contributed by atoms with Gasteiger partial charge in [-0.05, 0) is 53.4 Å². The maximum Gasteiger partial charge on any atom is 0.341 e. The van der Waals surface area contributed by atoms with Gasteiger partial charge in [0.05, 0.1) is 23.2 Å². The Balaban J connectivity index is 2.18. The van der Waals surface area contributed by atoms with E-state index >= 15 is 4.39 Å². The lowest BCUT2D eigenvalue weighted by molar-refractivity contribution is 0.0694. The van der Waals surface area contributed by atoms with E-state index in [0.717, 1.165) is 6.42 Å². The average Bonchev–Trinajstić information content (AvgIpc) is 2.83. The summed E-state index contributed by atoms with van der Waals surface area (Å²) >= 11 is 5.88. The topological polar surface area (TPSA) is 68.5 Å². The lowest BCUT2D eigenvalue weighted by atomic mass is 9.99. The highest BCUT2D eigenvalue weighted by Crippen LogP contribution is 2.41. The first-order chi connectivity index (χ1) is 17.6. The van der Waals surface area contributed by atoms with Crippen molar-refractivity contribution in [3.8, 4) is 0 Å². The standard InChI is InChI=1S/C29H36ClF2NO4Si/c1-8-29(4,5)38(6,7)37-16-25(17(2)3)33-15-21(28(35)36)27(34)20-13-19(23(31)14-24(20)33)12-18-10-9-11-22(30)26(18)32/h9-11,13-15,17,25H,8,12,16H2,1-7H3,(H,35,36). The molecule has 0 aliphatic rings. The minimum absolute atomic E-state index is 0.00296. The Morgan fingerprint density at radius 3 is 2.42 bits per heavy atom. The number of hydrogen-bond acceptors (Lipinski definition) is 3. The summed E-state index contributed by atoms with van der Waals surface area (Å²) in [5.74, 6) is -2.68. The summed E-state index contributed by atoms with van der Waals surface area (Å²) in [4.78, 5) is 25.2. The van der Waals surface area contributed by atoms with Crippen LogP contribution in [0.3, 0.4) is 0 Å². The van der Waals surface area contributed by atoms with Crippen LogP contribution < -0.4 is 5.43 Å². The molecule has 38 heavy (non-hydrogen) atoms. The van der Waals surface area contributed by atoms with Crippen molar-refractivity contribution in [1.29, 1.82) is 0 Å². The number of aromatic carboxylic acids is 1. The van der Waals surface area contributed by atoms with Gasteiger partial charge in [0.25, 0.3) is 0 Å². The fourth-order valence-corrected chi connectivity index (χ4v) is 6.40. The lowest BCUT2D eigenvalue weighted by Gasteiger charge is -2.40. The van der Waals surface area contributed by atoms with E-state index in [1.165, 1.54) is 30.5 Å². The molecule has 3 aromatic rings. The predicted octanol–water partition coefficient (Wildman–Crippen LogP) is 7.83. The summed E-state index contributed by atoms with van der Waals surface area (Å²) in [6, 6.07) is 6.65. The van der Waals surface area contributed by atoms with Gasteiger partial charge in [-0.2, -0.15) is 0 Å². The lowest BCUT2D eigenvalue weighted by Crippen LogP contribution is -2.44. The summed E-state index contributed by atoms with van der Waals surface area (Å²) in [5.41, 5.74) is -0.628. The molecule has 206 valence electrons. The second-order valence-electron chi connectivity index (χ2n) is 11.3. The van der Waals surface area contributed by atoms with Crippen molar-refractivity contribution in [3.05, 3.63) is 80.1 Å². The number of hydrogen-bond donors (Lipinski definition) is 1. The molecule has 3 rings (SSSR count). The fourth-order valence-electron chi connectivity index (χ4n) is 4.38. The molecule has 0 fully saturated rings. The molecular formula is C29H36ClF2NO4Si. The average molecular weight is 564 g/mol. The number of carboxylic acid groups (broad SMARTS) is 1. The number of fused-ring (bicyclic) bond motifs is 1. The zero-order chi connectivity index (χ0) is 28.6. The van der Waals surface area contributed by atoms with Crippen molar-refractivity contribution in [3.63, 3.8) is 0 Å². The quantitative estimate of drug-likeness (QED) is 0.255. The Labute approximate surface area is 228 Å². The Bertz CT molecular complexity index is 1420. The molecule has 1 aromatic heterocycles. The van der Waals surface area contributed by atoms with Crippen LogP contribution in [0.2, 0.25) is 23.2 Å². The van der Waals surface area contributed by atoms with Crippen molar-refractivity contribution >= 4 is 36.8 Å². The maximum absolute atomic E-state index is 15.4. The number of nitrogens with zero attached hydrogens (tertiary/aromatic N) is 1. The number of halogens is 3. The summed E-state index contributed by atoms with van der Waals surface area (Å²) in [5, 5.41) is 9.79. The van der Waals surface area contributed by atoms with Gasteiger partial charge in [0, 0.05) is 18.0 Å². The SMILES string of the molecule is CCC(C)(C)[Si](C)(C)OCC(C(C)C)n1cc(C(=O)O)c(=O)c2cc(Cc3cccc(Cl)c3F)c(F)cc21. The van der Waals surface area contributed by atoms with Crippen LogP contribution in [0.4, 0.5) is 8.78 Å². The van der Waals surface area contributed by atoms with E-state index in [9.17, 15) is 19.1 Å². The molecule has 0 radical (unpaired) electrons. The first kappa shape index (κ1) is 30.0. The van der Waals surface area contributed by atoms with Gasteiger partial charge in [0.2, 0.25) is 5.43 Å². The van der Waals surface area contributed by atoms with Crippen LogP contribution in [0.5, 0.6) is 0 Å². The first-order valence-corrected chi connectivity index (χ1v) is 16.1. The Morgan fingerprint density at radius 2 is 1.84 bits per heavy atom. The van der Waals surface area contributed by atoms with Gasteiger partial charge in [-0.15, -0.1) is 0 Å². The molecule has 0 saturated heterocycles. The molecule has 1 unspecified atom stereocenters. The van der Waals surface area contributed by atoms with Gasteiger partial charge in [-0.3, -0.25) is 4.79 Å². The van der Waals surface area contributed by atoms with Crippen LogP contribution in [0.25, 0.3) is 10.9 Å². The van der Waals surface area contributed by atoms with E-state index in [-0.39, 0.29) is 57.1 Å². The molecule has 0 aliphatic carbocycles. The third kappa shape index (κ3) is 5.87. The van der Waals surface area contributed by atoms with Crippen molar-refractivity contribution < 1.29 is 23.1 Å². The van der Waals surface area contributed by atoms with E-state index in [4.69, 9.17) is 16.0 Å². The normalized spacial score (nSPS) is 13.3. The highest BCUT2D eigenvalue weighted by atomic mass is 35.5. The molecule has 1 heterocycles. The monoisotopic (exact) mass is 563 g/mol. The van der Waals surface area contributed by atoms with Gasteiger partial charge in [0.1, 0.15) is 17.2 Å². The van der Waals surface area contributed by atoms with Crippen LogP contribution in [-0.2, 0) is 10.8 Å². The van der Waals surface area contributed by atoms with Gasteiger partial charge >= 0.3 is 5.97 Å². The van der Waals surface area contributed by atoms with Crippen LogP contribution in [-0.4, -0.2) is 30.6 Å². The number of carboxylic acids is 1. The molecular weight excluding hydrogens is 528 g/mol. The maximum atomic E-state index is 15.4. The molecule has 2 aromatic carbocycles. The highest BCUT2D eigenvalue weighted by Gasteiger charge is 2.40. The van der Waals surface area contributed by atoms with Crippen molar-refractivity contribution in [2.75, 3.05) is 6.61 Å². The van der Waals surface area contributed by atoms with Crippen molar-refractivity contribution in [2.24, 2.45) is 5.92 Å². The predicted molar refractivity (Wildman–Crippen MR) is 151 cm³/mol. The highest BCUT2D eigenvalue weighted by molar-refractivity contribution is 6.74. The van der Waals surface area contributed by atoms with Crippen molar-refractivity contribution in [1.82, 2.24) is 4.57 Å². The van der Waals surface area contributed by atoms with Gasteiger partial charge in [-0.1, -0.05) is 64.8 Å². The van der Waals surface area contributed by atoms with Gasteiger partial charge in [0.15, 0.2) is 8.32 Å². The minimum atomic E-state index is -2.17. The Hall–Kier alpha value is -2.55. The summed E-state index contributed by atoms with van der Waals surface area (Å²) in [6.45, 7) is 15.0. The Kier molecular flexibility index (Phi) is 8.90. The zero-order valence-electron chi connectivity index (χ0n) is 23.0. The Morgan fingerprint density at radius 1 is 1.18 bits per heavy atom. The fraction of sp³-hybridized carbons (Fsp3) is 0.448. The van der Waals surface area contributed by atoms with Crippen LogP contribution >= 0.6 is 11.6 Å². The molecule has 0 saturated carbocycles. The largest absolute Gasteiger partial charge is 0.477 e. The molecule has 0 spiro atoms. The molecule has 0 aliphatic heterocycles. The summed E-state index contributed by atoms with van der Waals surface area (Å²) in [6.07, 6.45) is 2.09. The van der Waals surface area contributed by atoms with E-state index in [0.29, 0.717) is 0 Å². The number of aromatic nitrogens is 1. The van der Waals surface area contributed by atoms with E-state index in [2.05, 4.69) is 33.9 Å². The van der Waals surface area contributed by atoms with E-state index < -0.39 is 36.9 Å². The van der Waals surface area contributed by atoms with Crippen molar-refractivity contribution in [2.45, 2.75) is 71.6 Å². The second kappa shape index (κ2) is 11.3. The summed E-state index contributed by atoms with van der Waals surface area (Å²) in [7, 11) is -2.17.